The van der Waals surface area contributed by atoms with Crippen molar-refractivity contribution in [2.45, 2.75) is 13.0 Å². The number of thioether (sulfide) groups is 2. The molecule has 17 heavy (non-hydrogen) atoms. The van der Waals surface area contributed by atoms with Crippen molar-refractivity contribution in [1.29, 1.82) is 0 Å². The number of nitrogens with zero attached hydrogens (tertiary/aromatic N) is 4. The summed E-state index contributed by atoms with van der Waals surface area (Å²) in [6, 6.07) is 7.52. The summed E-state index contributed by atoms with van der Waals surface area (Å²) in [5.41, 5.74) is 10.1. The Bertz CT molecular complexity index is 447. The zero-order valence-electron chi connectivity index (χ0n) is 9.99. The highest BCUT2D eigenvalue weighted by Crippen LogP contribution is 2.29. The molecule has 0 amide bonds. The Morgan fingerprint density at radius 2 is 1.94 bits per heavy atom. The lowest BCUT2D eigenvalue weighted by Gasteiger charge is -2.11. The van der Waals surface area contributed by atoms with Crippen LogP contribution in [0.2, 0.25) is 0 Å². The van der Waals surface area contributed by atoms with E-state index in [1.54, 1.807) is 29.6 Å². The third-order valence-electron chi connectivity index (χ3n) is 2.19. The summed E-state index contributed by atoms with van der Waals surface area (Å²) in [6.45, 7) is 2.00. The summed E-state index contributed by atoms with van der Waals surface area (Å²) in [4.78, 5) is 7.42. The topological polar surface area (TPSA) is 61.1 Å². The van der Waals surface area contributed by atoms with Gasteiger partial charge in [-0.05, 0) is 30.5 Å². The summed E-state index contributed by atoms with van der Waals surface area (Å²) in [5.74, 6) is 0. The molecule has 4 nitrogen and oxygen atoms in total. The van der Waals surface area contributed by atoms with Crippen molar-refractivity contribution in [1.82, 2.24) is 0 Å². The number of aliphatic imine (C=N–C) groups is 1. The number of hydrogen-bond acceptors (Lipinski definition) is 4. The largest absolute Gasteiger partial charge is 0.264 e. The first-order chi connectivity index (χ1) is 8.22. The predicted molar refractivity (Wildman–Crippen MR) is 78.1 cm³/mol. The maximum Gasteiger partial charge on any atom is 0.124 e. The summed E-state index contributed by atoms with van der Waals surface area (Å²) < 4.78 is 1.02. The Balaban J connectivity index is 3.07. The van der Waals surface area contributed by atoms with Crippen LogP contribution in [0.15, 0.2) is 34.4 Å². The van der Waals surface area contributed by atoms with Crippen molar-refractivity contribution in [2.75, 3.05) is 12.5 Å². The Hall–Kier alpha value is -1.10. The second-order valence-corrected chi connectivity index (χ2v) is 5.08. The van der Waals surface area contributed by atoms with Crippen molar-refractivity contribution in [3.63, 3.8) is 0 Å². The van der Waals surface area contributed by atoms with Crippen molar-refractivity contribution in [3.05, 3.63) is 40.3 Å². The molecule has 1 unspecified atom stereocenters. The molecule has 0 aromatic heterocycles. The van der Waals surface area contributed by atoms with Crippen LogP contribution in [0.25, 0.3) is 10.4 Å². The highest BCUT2D eigenvalue weighted by molar-refractivity contribution is 8.38. The van der Waals surface area contributed by atoms with Gasteiger partial charge in [0.2, 0.25) is 0 Å². The monoisotopic (exact) mass is 266 g/mol. The van der Waals surface area contributed by atoms with Gasteiger partial charge < -0.3 is 0 Å². The maximum atomic E-state index is 8.51. The molecule has 0 bridgehead atoms. The van der Waals surface area contributed by atoms with Crippen LogP contribution in [-0.2, 0) is 0 Å². The van der Waals surface area contributed by atoms with Gasteiger partial charge in [0.05, 0.1) is 6.04 Å². The Morgan fingerprint density at radius 3 is 2.53 bits per heavy atom. The van der Waals surface area contributed by atoms with E-state index in [1.807, 2.05) is 37.6 Å². The van der Waals surface area contributed by atoms with Gasteiger partial charge in [0.15, 0.2) is 0 Å². The van der Waals surface area contributed by atoms with E-state index in [0.717, 1.165) is 9.94 Å². The number of rotatable bonds is 3. The zero-order chi connectivity index (χ0) is 12.7. The molecule has 6 heteroatoms. The molecule has 0 aliphatic rings. The average Bonchev–Trinajstić information content (AvgIpc) is 2.36. The number of benzene rings is 1. The van der Waals surface area contributed by atoms with Crippen molar-refractivity contribution in [2.24, 2.45) is 10.1 Å². The van der Waals surface area contributed by atoms with Crippen LogP contribution in [0, 0.1) is 0 Å². The second-order valence-electron chi connectivity index (χ2n) is 3.23. The summed E-state index contributed by atoms with van der Waals surface area (Å²) >= 11 is 3.24. The van der Waals surface area contributed by atoms with Gasteiger partial charge >= 0.3 is 0 Å². The van der Waals surface area contributed by atoms with E-state index in [9.17, 15) is 0 Å². The Kier molecular flexibility index (Phi) is 5.97. The SMILES string of the molecule is CSC(=NC(C)c1ccccc1N=[N+]=[N-])SC. The number of hydrogen-bond donors (Lipinski definition) is 0. The van der Waals surface area contributed by atoms with Gasteiger partial charge in [-0.25, -0.2) is 0 Å². The fraction of sp³-hybridized carbons (Fsp3) is 0.364. The van der Waals surface area contributed by atoms with E-state index in [4.69, 9.17) is 5.53 Å². The summed E-state index contributed by atoms with van der Waals surface area (Å²) in [5, 5.41) is 3.68. The van der Waals surface area contributed by atoms with E-state index < -0.39 is 0 Å². The molecule has 0 radical (unpaired) electrons. The smallest absolute Gasteiger partial charge is 0.124 e. The van der Waals surface area contributed by atoms with E-state index >= 15 is 0 Å². The first kappa shape index (κ1) is 14.0. The predicted octanol–water partition coefficient (Wildman–Crippen LogP) is 4.77. The highest BCUT2D eigenvalue weighted by Gasteiger charge is 2.08. The normalized spacial score (nSPS) is 11.5. The molecule has 1 aromatic carbocycles. The van der Waals surface area contributed by atoms with Crippen LogP contribution >= 0.6 is 23.5 Å². The Morgan fingerprint density at radius 1 is 1.29 bits per heavy atom. The molecule has 90 valence electrons. The van der Waals surface area contributed by atoms with E-state index in [0.29, 0.717) is 5.69 Å². The van der Waals surface area contributed by atoms with Crippen molar-refractivity contribution in [3.8, 4) is 0 Å². The molecule has 0 saturated carbocycles. The molecule has 1 rings (SSSR count). The fourth-order valence-corrected chi connectivity index (χ4v) is 2.59. The van der Waals surface area contributed by atoms with E-state index in [1.165, 1.54) is 0 Å². The first-order valence-corrected chi connectivity index (χ1v) is 7.47. The molecule has 1 aromatic rings. The lowest BCUT2D eigenvalue weighted by atomic mass is 10.1. The third-order valence-corrected chi connectivity index (χ3v) is 4.10. The molecule has 0 saturated heterocycles. The van der Waals surface area contributed by atoms with Gasteiger partial charge in [0.25, 0.3) is 0 Å². The van der Waals surface area contributed by atoms with Crippen LogP contribution in [-0.4, -0.2) is 16.9 Å². The van der Waals surface area contributed by atoms with Crippen LogP contribution in [0.3, 0.4) is 0 Å². The Labute approximate surface area is 110 Å². The summed E-state index contributed by atoms with van der Waals surface area (Å²) in [7, 11) is 0. The maximum absolute atomic E-state index is 8.51. The second kappa shape index (κ2) is 7.27. The van der Waals surface area contributed by atoms with Gasteiger partial charge in [0, 0.05) is 10.6 Å². The molecule has 1 atom stereocenters. The molecular formula is C11H14N4S2. The van der Waals surface area contributed by atoms with Gasteiger partial charge in [-0.1, -0.05) is 29.4 Å². The van der Waals surface area contributed by atoms with Crippen LogP contribution in [0.4, 0.5) is 5.69 Å². The quantitative estimate of drug-likeness (QED) is 0.260. The van der Waals surface area contributed by atoms with Gasteiger partial charge in [-0.15, -0.1) is 23.5 Å². The van der Waals surface area contributed by atoms with E-state index in [2.05, 4.69) is 15.0 Å². The highest BCUT2D eigenvalue weighted by atomic mass is 32.2. The van der Waals surface area contributed by atoms with E-state index in [-0.39, 0.29) is 6.04 Å². The van der Waals surface area contributed by atoms with Crippen molar-refractivity contribution >= 4 is 33.6 Å². The van der Waals surface area contributed by atoms with Gasteiger partial charge in [-0.3, -0.25) is 4.99 Å². The summed E-state index contributed by atoms with van der Waals surface area (Å²) in [6.07, 6.45) is 4.00. The number of azide groups is 1. The van der Waals surface area contributed by atoms with Gasteiger partial charge in [0.1, 0.15) is 4.38 Å². The molecule has 0 spiro atoms. The van der Waals surface area contributed by atoms with Crippen LogP contribution in [0.1, 0.15) is 18.5 Å². The minimum Gasteiger partial charge on any atom is -0.264 e. The lowest BCUT2D eigenvalue weighted by Crippen LogP contribution is -1.93. The minimum atomic E-state index is -0.00778. The molecular weight excluding hydrogens is 252 g/mol. The molecule has 0 fully saturated rings. The molecule has 0 aliphatic carbocycles. The van der Waals surface area contributed by atoms with Gasteiger partial charge in [-0.2, -0.15) is 0 Å². The molecule has 0 heterocycles. The fourth-order valence-electron chi connectivity index (χ4n) is 1.40. The van der Waals surface area contributed by atoms with Crippen LogP contribution in [0.5, 0.6) is 0 Å². The molecule has 0 aliphatic heterocycles. The minimum absolute atomic E-state index is 0.00778. The first-order valence-electron chi connectivity index (χ1n) is 5.02. The zero-order valence-corrected chi connectivity index (χ0v) is 11.6. The molecule has 0 N–H and O–H groups in total. The van der Waals surface area contributed by atoms with Crippen molar-refractivity contribution < 1.29 is 0 Å². The average molecular weight is 266 g/mol. The lowest BCUT2D eigenvalue weighted by molar-refractivity contribution is 0.826. The van der Waals surface area contributed by atoms with Crippen LogP contribution < -0.4 is 0 Å². The third kappa shape index (κ3) is 4.00. The standard InChI is InChI=1S/C11H14N4S2/c1-8(13-11(16-2)17-3)9-6-4-5-7-10(9)14-15-12/h4-8H,1-3H3.